The molecule has 0 aliphatic rings. The van der Waals surface area contributed by atoms with E-state index in [2.05, 4.69) is 38.5 Å². The Labute approximate surface area is 201 Å². The molecule has 0 fully saturated rings. The van der Waals surface area contributed by atoms with E-state index in [9.17, 15) is 9.59 Å². The van der Waals surface area contributed by atoms with Crippen LogP contribution in [-0.4, -0.2) is 48.2 Å². The van der Waals surface area contributed by atoms with Crippen LogP contribution in [0.4, 0.5) is 0 Å². The average Bonchev–Trinajstić information content (AvgIpc) is 2.82. The number of hydrogen-bond acceptors (Lipinski definition) is 8. The maximum absolute atomic E-state index is 12.4. The molecule has 0 bridgehead atoms. The van der Waals surface area contributed by atoms with Gasteiger partial charge in [-0.05, 0) is 33.5 Å². The highest BCUT2D eigenvalue weighted by atomic mass is 79.9. The van der Waals surface area contributed by atoms with Crippen molar-refractivity contribution in [1.29, 1.82) is 5.41 Å². The van der Waals surface area contributed by atoms with E-state index in [-0.39, 0.29) is 30.3 Å². The van der Waals surface area contributed by atoms with Crippen molar-refractivity contribution in [3.63, 3.8) is 0 Å². The first-order chi connectivity index (χ1) is 15.8. The number of pyridine rings is 1. The summed E-state index contributed by atoms with van der Waals surface area (Å²) >= 11 is 3.28. The molecule has 1 aromatic heterocycles. The molecule has 33 heavy (non-hydrogen) atoms. The fourth-order valence-electron chi connectivity index (χ4n) is 2.89. The lowest BCUT2D eigenvalue weighted by Crippen LogP contribution is -2.38. The summed E-state index contributed by atoms with van der Waals surface area (Å²) in [6.07, 6.45) is 6.23. The van der Waals surface area contributed by atoms with Crippen molar-refractivity contribution in [2.75, 3.05) is 20.2 Å². The Kier molecular flexibility index (Phi) is 9.83. The van der Waals surface area contributed by atoms with Gasteiger partial charge in [-0.2, -0.15) is 0 Å². The number of aryl methyl sites for hydroxylation is 1. The van der Waals surface area contributed by atoms with E-state index in [1.165, 1.54) is 30.7 Å². The molecular weight excluding hydrogens is 490 g/mol. The normalized spacial score (nSPS) is 11.9. The zero-order chi connectivity index (χ0) is 24.4. The number of nitrogens with one attached hydrogen (secondary N) is 3. The molecule has 1 atom stereocenters. The van der Waals surface area contributed by atoms with Crippen molar-refractivity contribution >= 4 is 34.0 Å². The Morgan fingerprint density at radius 1 is 1.30 bits per heavy atom. The number of ether oxygens (including phenoxy) is 1. The molecule has 0 spiro atoms. The predicted octanol–water partition coefficient (Wildman–Crippen LogP) is 1.63. The van der Waals surface area contributed by atoms with Crippen LogP contribution in [0.1, 0.15) is 34.5 Å². The fourth-order valence-corrected chi connectivity index (χ4v) is 3.39. The largest absolute Gasteiger partial charge is 0.495 e. The number of carbonyl (C=O) groups excluding carboxylic acids is 2. The molecule has 0 saturated carbocycles. The van der Waals surface area contributed by atoms with Gasteiger partial charge in [0.25, 0.3) is 11.8 Å². The van der Waals surface area contributed by atoms with E-state index in [0.29, 0.717) is 10.2 Å². The first kappa shape index (κ1) is 25.8. The van der Waals surface area contributed by atoms with E-state index in [1.807, 2.05) is 24.3 Å². The van der Waals surface area contributed by atoms with Gasteiger partial charge < -0.3 is 31.5 Å². The maximum Gasteiger partial charge on any atom is 0.269 e. The van der Waals surface area contributed by atoms with E-state index in [1.54, 1.807) is 0 Å². The Bertz CT molecular complexity index is 1010. The summed E-state index contributed by atoms with van der Waals surface area (Å²) in [7, 11) is 1.46. The van der Waals surface area contributed by atoms with E-state index in [0.717, 1.165) is 23.8 Å². The third-order valence-corrected chi connectivity index (χ3v) is 5.29. The van der Waals surface area contributed by atoms with Gasteiger partial charge in [-0.15, -0.1) is 0 Å². The quantitative estimate of drug-likeness (QED) is 0.131. The molecule has 0 aliphatic heterocycles. The Morgan fingerprint density at radius 2 is 2.00 bits per heavy atom. The summed E-state index contributed by atoms with van der Waals surface area (Å²) < 4.78 is 5.78. The van der Waals surface area contributed by atoms with Crippen LogP contribution in [0.5, 0.6) is 5.75 Å². The summed E-state index contributed by atoms with van der Waals surface area (Å²) in [5, 5.41) is 14.2. The second-order valence-corrected chi connectivity index (χ2v) is 7.85. The smallest absolute Gasteiger partial charge is 0.269 e. The minimum Gasteiger partial charge on any atom is -0.495 e. The lowest BCUT2D eigenvalue weighted by atomic mass is 10.0. The van der Waals surface area contributed by atoms with Gasteiger partial charge in [0.05, 0.1) is 24.2 Å². The van der Waals surface area contributed by atoms with Crippen LogP contribution in [-0.2, 0) is 11.2 Å². The summed E-state index contributed by atoms with van der Waals surface area (Å²) in [5.41, 5.74) is 7.94. The van der Waals surface area contributed by atoms with Gasteiger partial charge in [0.1, 0.15) is 17.0 Å². The number of amides is 2. The molecule has 2 aromatic rings. The molecule has 2 amide bonds. The summed E-state index contributed by atoms with van der Waals surface area (Å²) in [6, 6.07) is 7.01. The zero-order valence-corrected chi connectivity index (χ0v) is 20.1. The van der Waals surface area contributed by atoms with Crippen LogP contribution >= 0.6 is 15.9 Å². The lowest BCUT2D eigenvalue weighted by molar-refractivity contribution is -0.118. The van der Waals surface area contributed by atoms with Crippen molar-refractivity contribution in [3.8, 4) is 5.75 Å². The van der Waals surface area contributed by atoms with Gasteiger partial charge in [-0.1, -0.05) is 31.2 Å². The number of hydrazine groups is 1. The number of aromatic nitrogens is 1. The topological polar surface area (TPSA) is 159 Å². The second-order valence-electron chi connectivity index (χ2n) is 6.99. The number of hydrogen-bond donors (Lipinski definition) is 5. The second kappa shape index (κ2) is 12.6. The minimum absolute atomic E-state index is 0.126. The van der Waals surface area contributed by atoms with Crippen LogP contribution in [0.25, 0.3) is 0 Å². The Balaban J connectivity index is 1.90. The predicted molar refractivity (Wildman–Crippen MR) is 129 cm³/mol. The van der Waals surface area contributed by atoms with Crippen molar-refractivity contribution < 1.29 is 14.3 Å². The summed E-state index contributed by atoms with van der Waals surface area (Å²) in [4.78, 5) is 28.8. The van der Waals surface area contributed by atoms with E-state index < -0.39 is 11.9 Å². The summed E-state index contributed by atoms with van der Waals surface area (Å²) in [6.45, 7) is 2.42. The molecule has 0 radical (unpaired) electrons. The van der Waals surface area contributed by atoms with E-state index >= 15 is 0 Å². The van der Waals surface area contributed by atoms with Crippen molar-refractivity contribution in [2.45, 2.75) is 19.4 Å². The lowest BCUT2D eigenvalue weighted by Gasteiger charge is -2.18. The molecule has 10 nitrogen and oxygen atoms in total. The third kappa shape index (κ3) is 7.29. The Hall–Kier alpha value is -3.44. The number of nitrogens with zero attached hydrogens (tertiary/aromatic N) is 2. The van der Waals surface area contributed by atoms with Gasteiger partial charge in [0, 0.05) is 31.4 Å². The van der Waals surface area contributed by atoms with Gasteiger partial charge in [-0.25, -0.2) is 5.84 Å². The molecule has 0 aliphatic carbocycles. The highest BCUT2D eigenvalue weighted by molar-refractivity contribution is 9.10. The van der Waals surface area contributed by atoms with Crippen LogP contribution in [0.2, 0.25) is 0 Å². The van der Waals surface area contributed by atoms with Crippen molar-refractivity contribution in [3.05, 3.63) is 69.7 Å². The van der Waals surface area contributed by atoms with E-state index in [4.69, 9.17) is 21.7 Å². The monoisotopic (exact) mass is 517 g/mol. The zero-order valence-electron chi connectivity index (χ0n) is 18.5. The Morgan fingerprint density at radius 3 is 2.61 bits per heavy atom. The van der Waals surface area contributed by atoms with Gasteiger partial charge >= 0.3 is 0 Å². The van der Waals surface area contributed by atoms with Crippen molar-refractivity contribution in [1.82, 2.24) is 20.6 Å². The number of nitrogens with two attached hydrogens (primary N) is 2. The van der Waals surface area contributed by atoms with Gasteiger partial charge in [-0.3, -0.25) is 14.6 Å². The first-order valence-corrected chi connectivity index (χ1v) is 10.9. The summed E-state index contributed by atoms with van der Waals surface area (Å²) in [5.74, 6) is 5.31. The van der Waals surface area contributed by atoms with Crippen LogP contribution in [0.3, 0.4) is 0 Å². The molecule has 1 unspecified atom stereocenters. The molecule has 176 valence electrons. The first-order valence-electron chi connectivity index (χ1n) is 10.1. The number of methoxy groups -OCH3 is 1. The molecule has 7 N–H and O–H groups in total. The fraction of sp³-hybridized carbons (Fsp3) is 0.273. The third-order valence-electron chi connectivity index (χ3n) is 4.72. The molecular formula is C22H28BrN7O3. The molecule has 11 heteroatoms. The van der Waals surface area contributed by atoms with Gasteiger partial charge in [0.15, 0.2) is 0 Å². The minimum atomic E-state index is -0.616. The number of halogens is 1. The van der Waals surface area contributed by atoms with Gasteiger partial charge in [0.2, 0.25) is 0 Å². The van der Waals surface area contributed by atoms with Crippen molar-refractivity contribution in [2.24, 2.45) is 11.6 Å². The number of rotatable bonds is 11. The highest BCUT2D eigenvalue weighted by Gasteiger charge is 2.16. The number of benzene rings is 1. The van der Waals surface area contributed by atoms with Crippen LogP contribution in [0, 0.1) is 5.41 Å². The number of carbonyl (C=O) groups is 2. The molecule has 0 saturated heterocycles. The SMILES string of the molecule is CCc1ccc(C(C=N)NC(=O)C(N)=CN(N)CCNC(=O)c2cncc(Br)c2OC)cc1. The standard InChI is InChI=1S/C22H28BrN7O3/c1-3-14-4-6-15(7-5-14)19(10-24)29-22(32)18(25)13-30(26)9-8-28-21(31)16-11-27-12-17(23)20(16)33-2/h4-7,10-13,19,24H,3,8-9,25-26H2,1-2H3,(H,28,31)(H,29,32). The highest BCUT2D eigenvalue weighted by Crippen LogP contribution is 2.27. The molecule has 2 rings (SSSR count). The van der Waals surface area contributed by atoms with Crippen LogP contribution < -0.4 is 26.9 Å². The molecule has 1 heterocycles. The molecule has 1 aromatic carbocycles. The average molecular weight is 518 g/mol. The maximum atomic E-state index is 12.4. The van der Waals surface area contributed by atoms with Crippen LogP contribution in [0.15, 0.2) is 53.0 Å².